The minimum Gasteiger partial charge on any atom is -0.394 e. The van der Waals surface area contributed by atoms with Crippen LogP contribution in [0.3, 0.4) is 0 Å². The van der Waals surface area contributed by atoms with Gasteiger partial charge in [-0.25, -0.2) is 9.97 Å². The second kappa shape index (κ2) is 5.51. The molecule has 23 heavy (non-hydrogen) atoms. The Kier molecular flexibility index (Phi) is 3.34. The molecule has 0 bridgehead atoms. The van der Waals surface area contributed by atoms with Gasteiger partial charge in [-0.15, -0.1) is 0 Å². The summed E-state index contributed by atoms with van der Waals surface area (Å²) in [5.74, 6) is -0.0767. The molecule has 4 heterocycles. The molecule has 0 aromatic carbocycles. The Morgan fingerprint density at radius 1 is 1.39 bits per heavy atom. The third kappa shape index (κ3) is 2.29. The van der Waals surface area contributed by atoms with E-state index in [4.69, 9.17) is 0 Å². The number of amides is 1. The molecule has 1 aliphatic heterocycles. The van der Waals surface area contributed by atoms with Crippen LogP contribution in [0.5, 0.6) is 0 Å². The fraction of sp³-hybridized carbons (Fsp3) is 0.312. The van der Waals surface area contributed by atoms with E-state index < -0.39 is 0 Å². The van der Waals surface area contributed by atoms with Crippen LogP contribution in [0.25, 0.3) is 22.3 Å². The molecule has 1 fully saturated rings. The first-order valence-electron chi connectivity index (χ1n) is 7.66. The van der Waals surface area contributed by atoms with Gasteiger partial charge in [0, 0.05) is 29.9 Å². The molecular weight excluding hydrogens is 294 g/mol. The Morgan fingerprint density at radius 2 is 2.30 bits per heavy atom. The van der Waals surface area contributed by atoms with Gasteiger partial charge in [0.2, 0.25) is 0 Å². The standard InChI is InChI=1S/C16H17N5O2/c22-8-11-2-1-5-21(11)16(23)13-6-10(7-18-13)14-12-3-4-17-15(12)20-9-19-14/h3-4,6-7,9,11,18,22H,1-2,5,8H2,(H,17,19,20). The van der Waals surface area contributed by atoms with Crippen molar-refractivity contribution >= 4 is 16.9 Å². The van der Waals surface area contributed by atoms with E-state index in [2.05, 4.69) is 19.9 Å². The summed E-state index contributed by atoms with van der Waals surface area (Å²) in [4.78, 5) is 29.0. The number of aromatic nitrogens is 4. The molecule has 118 valence electrons. The Labute approximate surface area is 132 Å². The number of carbonyl (C=O) groups is 1. The molecular formula is C16H17N5O2. The van der Waals surface area contributed by atoms with Gasteiger partial charge in [-0.05, 0) is 25.0 Å². The van der Waals surface area contributed by atoms with E-state index >= 15 is 0 Å². The largest absolute Gasteiger partial charge is 0.394 e. The molecule has 3 aromatic rings. The molecule has 1 unspecified atom stereocenters. The molecule has 4 rings (SSSR count). The Bertz CT molecular complexity index is 853. The first-order chi connectivity index (χ1) is 11.3. The number of hydrogen-bond acceptors (Lipinski definition) is 4. The number of likely N-dealkylation sites (tertiary alicyclic amines) is 1. The lowest BCUT2D eigenvalue weighted by Crippen LogP contribution is -2.37. The smallest absolute Gasteiger partial charge is 0.270 e. The van der Waals surface area contributed by atoms with Gasteiger partial charge in [-0.3, -0.25) is 4.79 Å². The van der Waals surface area contributed by atoms with Crippen molar-refractivity contribution < 1.29 is 9.90 Å². The number of nitrogens with zero attached hydrogens (tertiary/aromatic N) is 3. The monoisotopic (exact) mass is 311 g/mol. The summed E-state index contributed by atoms with van der Waals surface area (Å²) in [6.45, 7) is 0.698. The van der Waals surface area contributed by atoms with Gasteiger partial charge >= 0.3 is 0 Å². The third-order valence-corrected chi connectivity index (χ3v) is 4.39. The van der Waals surface area contributed by atoms with Crippen LogP contribution in [-0.4, -0.2) is 55.0 Å². The van der Waals surface area contributed by atoms with E-state index in [9.17, 15) is 9.90 Å². The first-order valence-corrected chi connectivity index (χ1v) is 7.66. The zero-order chi connectivity index (χ0) is 15.8. The van der Waals surface area contributed by atoms with E-state index in [0.717, 1.165) is 35.1 Å². The molecule has 0 saturated carbocycles. The van der Waals surface area contributed by atoms with Crippen molar-refractivity contribution in [1.29, 1.82) is 0 Å². The Balaban J connectivity index is 1.67. The quantitative estimate of drug-likeness (QED) is 0.683. The van der Waals surface area contributed by atoms with Crippen molar-refractivity contribution in [1.82, 2.24) is 24.8 Å². The highest BCUT2D eigenvalue weighted by molar-refractivity contribution is 5.96. The SMILES string of the molecule is O=C(c1cc(-c2ncnc3[nH]ccc23)c[nH]1)N1CCCC1CO. The van der Waals surface area contributed by atoms with Crippen molar-refractivity contribution in [3.8, 4) is 11.3 Å². The summed E-state index contributed by atoms with van der Waals surface area (Å²) in [5.41, 5.74) is 2.92. The molecule has 3 aromatic heterocycles. The van der Waals surface area contributed by atoms with Crippen molar-refractivity contribution in [2.75, 3.05) is 13.2 Å². The van der Waals surface area contributed by atoms with Crippen LogP contribution in [0.1, 0.15) is 23.3 Å². The van der Waals surface area contributed by atoms with E-state index in [1.165, 1.54) is 6.33 Å². The van der Waals surface area contributed by atoms with Crippen molar-refractivity contribution in [2.24, 2.45) is 0 Å². The highest BCUT2D eigenvalue weighted by Crippen LogP contribution is 2.26. The highest BCUT2D eigenvalue weighted by Gasteiger charge is 2.29. The second-order valence-corrected chi connectivity index (χ2v) is 5.74. The molecule has 7 heteroatoms. The molecule has 0 radical (unpaired) electrons. The maximum atomic E-state index is 12.6. The van der Waals surface area contributed by atoms with E-state index in [0.29, 0.717) is 12.2 Å². The second-order valence-electron chi connectivity index (χ2n) is 5.74. The van der Waals surface area contributed by atoms with Gasteiger partial charge in [0.25, 0.3) is 5.91 Å². The van der Waals surface area contributed by atoms with Gasteiger partial charge in [0.05, 0.1) is 18.3 Å². The average Bonchev–Trinajstić information content (AvgIpc) is 3.32. The minimum atomic E-state index is -0.0790. The zero-order valence-corrected chi connectivity index (χ0v) is 12.5. The third-order valence-electron chi connectivity index (χ3n) is 4.39. The fourth-order valence-electron chi connectivity index (χ4n) is 3.20. The molecule has 1 aliphatic rings. The predicted molar refractivity (Wildman–Crippen MR) is 84.8 cm³/mol. The van der Waals surface area contributed by atoms with E-state index in [1.54, 1.807) is 11.1 Å². The van der Waals surface area contributed by atoms with Gasteiger partial charge in [-0.1, -0.05) is 0 Å². The fourth-order valence-corrected chi connectivity index (χ4v) is 3.20. The van der Waals surface area contributed by atoms with Gasteiger partial charge in [-0.2, -0.15) is 0 Å². The summed E-state index contributed by atoms with van der Waals surface area (Å²) in [5, 5.41) is 10.3. The predicted octanol–water partition coefficient (Wildman–Crippen LogP) is 1.55. The zero-order valence-electron chi connectivity index (χ0n) is 12.5. The number of fused-ring (bicyclic) bond motifs is 1. The first kappa shape index (κ1) is 14.0. The number of hydrogen-bond donors (Lipinski definition) is 3. The molecule has 3 N–H and O–H groups in total. The maximum absolute atomic E-state index is 12.6. The van der Waals surface area contributed by atoms with Gasteiger partial charge in [0.15, 0.2) is 0 Å². The van der Waals surface area contributed by atoms with Crippen molar-refractivity contribution in [3.05, 3.63) is 36.5 Å². The van der Waals surface area contributed by atoms with Gasteiger partial charge in [0.1, 0.15) is 17.7 Å². The number of aliphatic hydroxyl groups is 1. The summed E-state index contributed by atoms with van der Waals surface area (Å²) in [6, 6.07) is 3.65. The summed E-state index contributed by atoms with van der Waals surface area (Å²) < 4.78 is 0. The van der Waals surface area contributed by atoms with Gasteiger partial charge < -0.3 is 20.0 Å². The molecule has 1 saturated heterocycles. The van der Waals surface area contributed by atoms with E-state index in [1.807, 2.05) is 18.3 Å². The Morgan fingerprint density at radius 3 is 3.17 bits per heavy atom. The lowest BCUT2D eigenvalue weighted by atomic mass is 10.1. The lowest BCUT2D eigenvalue weighted by Gasteiger charge is -2.22. The Hall–Kier alpha value is -2.67. The van der Waals surface area contributed by atoms with Crippen LogP contribution in [0.15, 0.2) is 30.9 Å². The maximum Gasteiger partial charge on any atom is 0.270 e. The molecule has 1 atom stereocenters. The topological polar surface area (TPSA) is 97.9 Å². The minimum absolute atomic E-state index is 0.00912. The molecule has 0 aliphatic carbocycles. The molecule has 0 spiro atoms. The van der Waals surface area contributed by atoms with Crippen LogP contribution in [0.4, 0.5) is 0 Å². The summed E-state index contributed by atoms with van der Waals surface area (Å²) >= 11 is 0. The normalized spacial score (nSPS) is 18.0. The van der Waals surface area contributed by atoms with E-state index in [-0.39, 0.29) is 18.6 Å². The molecule has 7 nitrogen and oxygen atoms in total. The average molecular weight is 311 g/mol. The summed E-state index contributed by atoms with van der Waals surface area (Å²) in [7, 11) is 0. The van der Waals surface area contributed by atoms with Crippen LogP contribution >= 0.6 is 0 Å². The number of aliphatic hydroxyl groups excluding tert-OH is 1. The number of rotatable bonds is 3. The van der Waals surface area contributed by atoms with Crippen LogP contribution < -0.4 is 0 Å². The number of aromatic amines is 2. The highest BCUT2D eigenvalue weighted by atomic mass is 16.3. The van der Waals surface area contributed by atoms with Crippen LogP contribution in [0.2, 0.25) is 0 Å². The lowest BCUT2D eigenvalue weighted by molar-refractivity contribution is 0.0672. The van der Waals surface area contributed by atoms with Crippen molar-refractivity contribution in [3.63, 3.8) is 0 Å². The molecule has 1 amide bonds. The van der Waals surface area contributed by atoms with Crippen LogP contribution in [-0.2, 0) is 0 Å². The summed E-state index contributed by atoms with van der Waals surface area (Å²) in [6.07, 6.45) is 6.89. The number of carbonyl (C=O) groups excluding carboxylic acids is 1. The number of H-pyrrole nitrogens is 2. The van der Waals surface area contributed by atoms with Crippen molar-refractivity contribution in [2.45, 2.75) is 18.9 Å². The van der Waals surface area contributed by atoms with Crippen LogP contribution in [0, 0.1) is 0 Å². The number of nitrogens with one attached hydrogen (secondary N) is 2.